The minimum Gasteiger partial charge on any atom is -0.234 e. The summed E-state index contributed by atoms with van der Waals surface area (Å²) in [4.78, 5) is 0. The van der Waals surface area contributed by atoms with Crippen molar-refractivity contribution in [3.63, 3.8) is 0 Å². The van der Waals surface area contributed by atoms with Gasteiger partial charge in [0.05, 0.1) is 13.1 Å². The van der Waals surface area contributed by atoms with E-state index in [0.29, 0.717) is 0 Å². The average molecular weight is 336 g/mol. The molecule has 0 spiro atoms. The molecule has 0 radical (unpaired) electrons. The molecule has 1 heterocycles. The largest absolute Gasteiger partial charge is 0.256 e. The zero-order valence-electron chi connectivity index (χ0n) is 16.9. The molecule has 2 heteroatoms. The summed E-state index contributed by atoms with van der Waals surface area (Å²) in [5, 5.41) is 0. The molecule has 1 rings (SSSR count). The molecular formula is C22H43N2+. The quantitative estimate of drug-likeness (QED) is 0.242. The third-order valence-electron chi connectivity index (χ3n) is 5.10. The number of aryl methyl sites for hydroxylation is 2. The minimum absolute atomic E-state index is 1.20. The van der Waals surface area contributed by atoms with Crippen LogP contribution in [0, 0.1) is 0 Å². The second kappa shape index (κ2) is 14.5. The SMILES string of the molecule is CCCCCCCCc1n(CCCC)cc[n+]1CCCCCCC. The predicted octanol–water partition coefficient (Wildman–Crippen LogP) is 6.45. The topological polar surface area (TPSA) is 8.81 Å². The Morgan fingerprint density at radius 1 is 0.708 bits per heavy atom. The highest BCUT2D eigenvalue weighted by Gasteiger charge is 2.16. The van der Waals surface area contributed by atoms with Crippen molar-refractivity contribution in [3.05, 3.63) is 18.2 Å². The van der Waals surface area contributed by atoms with E-state index in [0.717, 1.165) is 0 Å². The minimum atomic E-state index is 1.20. The molecule has 0 atom stereocenters. The van der Waals surface area contributed by atoms with Crippen LogP contribution in [0.1, 0.15) is 110 Å². The second-order valence-corrected chi connectivity index (χ2v) is 7.39. The second-order valence-electron chi connectivity index (χ2n) is 7.39. The van der Waals surface area contributed by atoms with Gasteiger partial charge in [0.25, 0.3) is 5.82 Å². The summed E-state index contributed by atoms with van der Waals surface area (Å²) in [5.74, 6) is 1.58. The fourth-order valence-electron chi connectivity index (χ4n) is 3.47. The van der Waals surface area contributed by atoms with Crippen LogP contribution >= 0.6 is 0 Å². The standard InChI is InChI=1S/C22H43N2/c1-4-7-10-12-13-15-17-22-23(18-9-6-3)20-21-24(22)19-16-14-11-8-5-2/h20-21H,4-19H2,1-3H3/q+1. The van der Waals surface area contributed by atoms with Crippen LogP contribution in [0.15, 0.2) is 12.4 Å². The number of imidazole rings is 1. The molecule has 0 saturated heterocycles. The summed E-state index contributed by atoms with van der Waals surface area (Å²) in [6, 6.07) is 0. The van der Waals surface area contributed by atoms with Gasteiger partial charge in [0.2, 0.25) is 0 Å². The first-order valence-corrected chi connectivity index (χ1v) is 10.9. The fourth-order valence-corrected chi connectivity index (χ4v) is 3.47. The molecule has 0 aliphatic rings. The van der Waals surface area contributed by atoms with E-state index in [4.69, 9.17) is 0 Å². The van der Waals surface area contributed by atoms with Gasteiger partial charge in [-0.2, -0.15) is 0 Å². The zero-order chi connectivity index (χ0) is 17.5. The fraction of sp³-hybridized carbons (Fsp3) is 0.864. The summed E-state index contributed by atoms with van der Waals surface area (Å²) in [5.41, 5.74) is 0. The molecule has 0 fully saturated rings. The Labute approximate surface area is 151 Å². The number of rotatable bonds is 16. The summed E-state index contributed by atoms with van der Waals surface area (Å²) >= 11 is 0. The molecule has 2 nitrogen and oxygen atoms in total. The van der Waals surface area contributed by atoms with E-state index in [1.54, 1.807) is 5.82 Å². The first-order chi connectivity index (χ1) is 11.8. The van der Waals surface area contributed by atoms with E-state index < -0.39 is 0 Å². The lowest BCUT2D eigenvalue weighted by Crippen LogP contribution is -2.37. The van der Waals surface area contributed by atoms with Gasteiger partial charge in [-0.25, -0.2) is 9.13 Å². The lowest BCUT2D eigenvalue weighted by Gasteiger charge is -2.06. The molecule has 0 bridgehead atoms. The van der Waals surface area contributed by atoms with Gasteiger partial charge in [-0.15, -0.1) is 0 Å². The van der Waals surface area contributed by atoms with Gasteiger partial charge in [0.1, 0.15) is 12.4 Å². The van der Waals surface area contributed by atoms with Crippen LogP contribution in [0.5, 0.6) is 0 Å². The highest BCUT2D eigenvalue weighted by atomic mass is 15.1. The lowest BCUT2D eigenvalue weighted by atomic mass is 10.1. The number of unbranched alkanes of at least 4 members (excludes halogenated alkanes) is 10. The monoisotopic (exact) mass is 335 g/mol. The van der Waals surface area contributed by atoms with Crippen LogP contribution in [0.25, 0.3) is 0 Å². The number of aromatic nitrogens is 2. The van der Waals surface area contributed by atoms with Crippen molar-refractivity contribution < 1.29 is 4.57 Å². The summed E-state index contributed by atoms with van der Waals surface area (Å²) in [6.07, 6.45) is 23.7. The number of hydrogen-bond acceptors (Lipinski definition) is 0. The molecule has 0 aromatic carbocycles. The third kappa shape index (κ3) is 8.89. The van der Waals surface area contributed by atoms with Crippen molar-refractivity contribution in [2.45, 2.75) is 124 Å². The first kappa shape index (κ1) is 21.3. The predicted molar refractivity (Wildman–Crippen MR) is 105 cm³/mol. The zero-order valence-corrected chi connectivity index (χ0v) is 16.9. The van der Waals surface area contributed by atoms with Crippen molar-refractivity contribution in [3.8, 4) is 0 Å². The normalized spacial score (nSPS) is 11.3. The molecule has 1 aromatic rings. The van der Waals surface area contributed by atoms with Gasteiger partial charge in [-0.3, -0.25) is 0 Å². The highest BCUT2D eigenvalue weighted by Crippen LogP contribution is 2.10. The van der Waals surface area contributed by atoms with Gasteiger partial charge in [0.15, 0.2) is 0 Å². The maximum absolute atomic E-state index is 2.55. The Balaban J connectivity index is 2.44. The van der Waals surface area contributed by atoms with Gasteiger partial charge < -0.3 is 0 Å². The molecule has 0 aliphatic heterocycles. The molecule has 0 unspecified atom stereocenters. The average Bonchev–Trinajstić information content (AvgIpc) is 2.98. The smallest absolute Gasteiger partial charge is 0.234 e. The Morgan fingerprint density at radius 2 is 1.29 bits per heavy atom. The molecule has 140 valence electrons. The van der Waals surface area contributed by atoms with E-state index in [2.05, 4.69) is 42.3 Å². The first-order valence-electron chi connectivity index (χ1n) is 10.9. The van der Waals surface area contributed by atoms with Crippen LogP contribution in [0.3, 0.4) is 0 Å². The third-order valence-corrected chi connectivity index (χ3v) is 5.10. The molecule has 24 heavy (non-hydrogen) atoms. The van der Waals surface area contributed by atoms with Crippen LogP contribution in [0.2, 0.25) is 0 Å². The summed E-state index contributed by atoms with van der Waals surface area (Å²) in [6.45, 7) is 9.29. The molecule has 1 aromatic heterocycles. The van der Waals surface area contributed by atoms with E-state index in [9.17, 15) is 0 Å². The van der Waals surface area contributed by atoms with Crippen LogP contribution in [-0.4, -0.2) is 4.57 Å². The van der Waals surface area contributed by atoms with Crippen molar-refractivity contribution in [2.24, 2.45) is 0 Å². The highest BCUT2D eigenvalue weighted by molar-refractivity contribution is 4.84. The van der Waals surface area contributed by atoms with Crippen molar-refractivity contribution >= 4 is 0 Å². The Morgan fingerprint density at radius 3 is 1.96 bits per heavy atom. The van der Waals surface area contributed by atoms with Gasteiger partial charge >= 0.3 is 0 Å². The van der Waals surface area contributed by atoms with Gasteiger partial charge in [-0.1, -0.05) is 78.6 Å². The van der Waals surface area contributed by atoms with Crippen molar-refractivity contribution in [1.29, 1.82) is 0 Å². The maximum Gasteiger partial charge on any atom is 0.256 e. The molecule has 0 amide bonds. The van der Waals surface area contributed by atoms with E-state index in [1.165, 1.54) is 103 Å². The van der Waals surface area contributed by atoms with E-state index >= 15 is 0 Å². The molecule has 0 N–H and O–H groups in total. The number of nitrogens with zero attached hydrogens (tertiary/aromatic N) is 2. The van der Waals surface area contributed by atoms with Crippen molar-refractivity contribution in [2.75, 3.05) is 0 Å². The Hall–Kier alpha value is -0.790. The Kier molecular flexibility index (Phi) is 12.9. The van der Waals surface area contributed by atoms with Crippen LogP contribution in [0.4, 0.5) is 0 Å². The summed E-state index contributed by atoms with van der Waals surface area (Å²) in [7, 11) is 0. The molecule has 0 aliphatic carbocycles. The lowest BCUT2D eigenvalue weighted by molar-refractivity contribution is -0.704. The number of hydrogen-bond donors (Lipinski definition) is 0. The molecular weight excluding hydrogens is 292 g/mol. The van der Waals surface area contributed by atoms with Crippen LogP contribution in [-0.2, 0) is 19.5 Å². The van der Waals surface area contributed by atoms with Crippen molar-refractivity contribution in [1.82, 2.24) is 4.57 Å². The summed E-state index contributed by atoms with van der Waals surface area (Å²) < 4.78 is 5.08. The van der Waals surface area contributed by atoms with Crippen LogP contribution < -0.4 is 4.57 Å². The van der Waals surface area contributed by atoms with Gasteiger partial charge in [0, 0.05) is 6.42 Å². The van der Waals surface area contributed by atoms with E-state index in [-0.39, 0.29) is 0 Å². The maximum atomic E-state index is 2.55. The Bertz CT molecular complexity index is 395. The molecule has 0 saturated carbocycles. The van der Waals surface area contributed by atoms with Gasteiger partial charge in [-0.05, 0) is 25.7 Å². The van der Waals surface area contributed by atoms with E-state index in [1.807, 2.05) is 0 Å².